The Balaban J connectivity index is 2.17. The number of nitrogens with one attached hydrogen (secondary N) is 1. The summed E-state index contributed by atoms with van der Waals surface area (Å²) in [6, 6.07) is 4.06. The number of H-pyrrole nitrogens is 1. The second-order valence-electron chi connectivity index (χ2n) is 9.16. The van der Waals surface area contributed by atoms with E-state index in [0.717, 1.165) is 42.4 Å². The van der Waals surface area contributed by atoms with Crippen LogP contribution in [0.15, 0.2) is 57.9 Å². The number of hydrogen-bond acceptors (Lipinski definition) is 5. The molecule has 1 unspecified atom stereocenters. The Kier molecular flexibility index (Phi) is 10.5. The van der Waals surface area contributed by atoms with Crippen molar-refractivity contribution in [1.29, 1.82) is 0 Å². The van der Waals surface area contributed by atoms with Crippen LogP contribution in [0.25, 0.3) is 11.5 Å². The molecule has 194 valence electrons. The zero-order chi connectivity index (χ0) is 25.9. The lowest BCUT2D eigenvalue weighted by Gasteiger charge is -2.28. The minimum Gasteiger partial charge on any atom is -0.378 e. The normalized spacial score (nSPS) is 15.4. The van der Waals surface area contributed by atoms with E-state index in [-0.39, 0.29) is 18.2 Å². The molecule has 1 aromatic heterocycles. The van der Waals surface area contributed by atoms with Gasteiger partial charge in [-0.15, -0.1) is 0 Å². The van der Waals surface area contributed by atoms with Crippen molar-refractivity contribution in [2.24, 2.45) is 0 Å². The first-order valence-electron chi connectivity index (χ1n) is 13.1. The van der Waals surface area contributed by atoms with E-state index < -0.39 is 5.69 Å². The van der Waals surface area contributed by atoms with E-state index in [1.807, 2.05) is 23.1 Å². The lowest BCUT2D eigenvalue weighted by atomic mass is 9.82. The van der Waals surface area contributed by atoms with E-state index in [0.29, 0.717) is 44.2 Å². The van der Waals surface area contributed by atoms with Gasteiger partial charge < -0.3 is 14.2 Å². The van der Waals surface area contributed by atoms with Crippen LogP contribution in [0, 0.1) is 0 Å². The van der Waals surface area contributed by atoms with E-state index in [1.54, 1.807) is 0 Å². The number of carbonyl (C=O) groups is 1. The highest BCUT2D eigenvalue weighted by atomic mass is 16.5. The van der Waals surface area contributed by atoms with E-state index in [2.05, 4.69) is 55.7 Å². The Morgan fingerprint density at radius 3 is 2.61 bits per heavy atom. The van der Waals surface area contributed by atoms with Crippen molar-refractivity contribution in [3.63, 3.8) is 0 Å². The molecule has 1 aliphatic rings. The topological polar surface area (TPSA) is 88.4 Å². The van der Waals surface area contributed by atoms with Gasteiger partial charge in [-0.1, -0.05) is 58.1 Å². The van der Waals surface area contributed by atoms with E-state index >= 15 is 0 Å². The summed E-state index contributed by atoms with van der Waals surface area (Å²) in [5, 5.41) is 2.29. The van der Waals surface area contributed by atoms with Crippen molar-refractivity contribution >= 4 is 5.91 Å². The van der Waals surface area contributed by atoms with Crippen molar-refractivity contribution in [2.75, 3.05) is 26.3 Å². The minimum atomic E-state index is -0.525. The number of rotatable bonds is 12. The van der Waals surface area contributed by atoms with Crippen LogP contribution in [0.4, 0.5) is 0 Å². The van der Waals surface area contributed by atoms with Crippen LogP contribution in [-0.4, -0.2) is 47.3 Å². The van der Waals surface area contributed by atoms with Crippen LogP contribution in [0.5, 0.6) is 0 Å². The van der Waals surface area contributed by atoms with Crippen LogP contribution < -0.4 is 5.69 Å². The van der Waals surface area contributed by atoms with Gasteiger partial charge in [0.2, 0.25) is 5.91 Å². The second-order valence-corrected chi connectivity index (χ2v) is 9.16. The highest BCUT2D eigenvalue weighted by molar-refractivity contribution is 5.80. The van der Waals surface area contributed by atoms with E-state index in [4.69, 9.17) is 9.26 Å². The summed E-state index contributed by atoms with van der Waals surface area (Å²) in [5.74, 6) is 0.632. The van der Waals surface area contributed by atoms with Gasteiger partial charge in [0.15, 0.2) is 0 Å². The smallest absolute Gasteiger partial charge is 0.377 e. The third-order valence-electron chi connectivity index (χ3n) is 6.62. The third kappa shape index (κ3) is 7.17. The van der Waals surface area contributed by atoms with Gasteiger partial charge in [0, 0.05) is 18.7 Å². The molecule has 7 heteroatoms. The Morgan fingerprint density at radius 2 is 2.00 bits per heavy atom. The molecule has 7 nitrogen and oxygen atoms in total. The fraction of sp³-hybridized carbons (Fsp3) is 0.483. The average molecular weight is 494 g/mol. The molecule has 2 aromatic rings. The average Bonchev–Trinajstić information content (AvgIpc) is 3.33. The van der Waals surface area contributed by atoms with Crippen molar-refractivity contribution in [2.45, 2.75) is 65.2 Å². The van der Waals surface area contributed by atoms with Crippen molar-refractivity contribution < 1.29 is 14.1 Å². The number of hydrogen-bond donors (Lipinski definition) is 1. The molecule has 1 atom stereocenters. The molecule has 2 heterocycles. The van der Waals surface area contributed by atoms with E-state index in [9.17, 15) is 9.59 Å². The fourth-order valence-corrected chi connectivity index (χ4v) is 4.78. The van der Waals surface area contributed by atoms with Gasteiger partial charge in [-0.25, -0.2) is 4.79 Å². The van der Waals surface area contributed by atoms with Gasteiger partial charge in [-0.3, -0.25) is 4.79 Å². The van der Waals surface area contributed by atoms with Gasteiger partial charge in [-0.05, 0) is 66.0 Å². The lowest BCUT2D eigenvalue weighted by molar-refractivity contribution is -0.134. The molecule has 0 aliphatic carbocycles. The minimum absolute atomic E-state index is 0.0769. The molecular formula is C29H39N3O4. The number of ether oxygens (including phenoxy) is 1. The zero-order valence-corrected chi connectivity index (χ0v) is 21.8. The Morgan fingerprint density at radius 1 is 1.22 bits per heavy atom. The predicted molar refractivity (Wildman–Crippen MR) is 143 cm³/mol. The maximum absolute atomic E-state index is 13.4. The standard InChI is InChI=1S/C29H39N3O4/c1-5-9-12-21(10-6-2)17-25-23(20-27(33)32-13-15-35-16-14-32)18-24(28-30-29(34)31-36-28)19-26(25)22(8-4)11-7-3/h6,9-10,12,18-19,22H,2,5,7-8,11,13-17,20H2,1,3-4H3,(H,31,34)/b12-9-,21-10+. The SMILES string of the molecule is C=C/C=C(\C=C/CC)Cc1c(CC(=O)N2CCOCC2)cc(-c2nc(=O)[nH]o2)cc1C(CC)CCC. The van der Waals surface area contributed by atoms with Crippen molar-refractivity contribution in [3.8, 4) is 11.5 Å². The fourth-order valence-electron chi connectivity index (χ4n) is 4.78. The summed E-state index contributed by atoms with van der Waals surface area (Å²) in [4.78, 5) is 31.0. The molecule has 36 heavy (non-hydrogen) atoms. The number of morpholine rings is 1. The number of aromatic amines is 1. The summed E-state index contributed by atoms with van der Waals surface area (Å²) in [7, 11) is 0. The molecule has 0 saturated carbocycles. The zero-order valence-electron chi connectivity index (χ0n) is 21.8. The predicted octanol–water partition coefficient (Wildman–Crippen LogP) is 5.35. The Bertz CT molecular complexity index is 1140. The summed E-state index contributed by atoms with van der Waals surface area (Å²) in [6.07, 6.45) is 13.1. The largest absolute Gasteiger partial charge is 0.378 e. The summed E-state index contributed by atoms with van der Waals surface area (Å²) >= 11 is 0. The molecule has 1 aliphatic heterocycles. The third-order valence-corrected chi connectivity index (χ3v) is 6.62. The Labute approximate surface area is 213 Å². The molecule has 0 radical (unpaired) electrons. The number of amides is 1. The van der Waals surface area contributed by atoms with Crippen LogP contribution in [-0.2, 0) is 22.4 Å². The van der Waals surface area contributed by atoms with Gasteiger partial charge >= 0.3 is 5.69 Å². The highest BCUT2D eigenvalue weighted by Gasteiger charge is 2.24. The number of carbonyl (C=O) groups excluding carboxylic acids is 1. The van der Waals surface area contributed by atoms with Crippen LogP contribution in [0.3, 0.4) is 0 Å². The van der Waals surface area contributed by atoms with Crippen molar-refractivity contribution in [3.05, 3.63) is 75.8 Å². The monoisotopic (exact) mass is 493 g/mol. The molecule has 0 bridgehead atoms. The molecular weight excluding hydrogens is 454 g/mol. The van der Waals surface area contributed by atoms with E-state index in [1.165, 1.54) is 5.56 Å². The van der Waals surface area contributed by atoms with Crippen LogP contribution in [0.1, 0.15) is 69.1 Å². The number of nitrogens with zero attached hydrogens (tertiary/aromatic N) is 2. The molecule has 1 N–H and O–H groups in total. The molecule has 0 spiro atoms. The van der Waals surface area contributed by atoms with Crippen molar-refractivity contribution in [1.82, 2.24) is 15.0 Å². The molecule has 1 aromatic carbocycles. The van der Waals surface area contributed by atoms with Gasteiger partial charge in [0.25, 0.3) is 5.89 Å². The summed E-state index contributed by atoms with van der Waals surface area (Å²) in [6.45, 7) is 12.7. The van der Waals surface area contributed by atoms with Gasteiger partial charge in [0.1, 0.15) is 0 Å². The maximum Gasteiger partial charge on any atom is 0.377 e. The number of allylic oxidation sites excluding steroid dienone is 5. The number of benzene rings is 1. The first-order chi connectivity index (χ1) is 17.5. The highest BCUT2D eigenvalue weighted by Crippen LogP contribution is 2.35. The molecule has 1 fully saturated rings. The first-order valence-corrected chi connectivity index (χ1v) is 13.1. The van der Waals surface area contributed by atoms with Crippen LogP contribution in [0.2, 0.25) is 0 Å². The van der Waals surface area contributed by atoms with Gasteiger partial charge in [0.05, 0.1) is 19.6 Å². The summed E-state index contributed by atoms with van der Waals surface area (Å²) in [5.41, 5.74) is 4.62. The van der Waals surface area contributed by atoms with Crippen LogP contribution >= 0.6 is 0 Å². The summed E-state index contributed by atoms with van der Waals surface area (Å²) < 4.78 is 10.8. The quantitative estimate of drug-likeness (QED) is 0.403. The number of aromatic nitrogens is 2. The molecule has 1 saturated heterocycles. The Hall–Kier alpha value is -3.19. The maximum atomic E-state index is 13.4. The lowest BCUT2D eigenvalue weighted by Crippen LogP contribution is -2.41. The first kappa shape index (κ1) is 27.4. The molecule has 1 amide bonds. The second kappa shape index (κ2) is 13.8. The molecule has 3 rings (SSSR count). The van der Waals surface area contributed by atoms with Gasteiger partial charge in [-0.2, -0.15) is 10.1 Å².